The van der Waals surface area contributed by atoms with Crippen molar-refractivity contribution in [2.45, 2.75) is 38.1 Å². The summed E-state index contributed by atoms with van der Waals surface area (Å²) in [6, 6.07) is 7.88. The van der Waals surface area contributed by atoms with Gasteiger partial charge in [0.1, 0.15) is 11.6 Å². The number of aromatic nitrogens is 2. The fourth-order valence-corrected chi connectivity index (χ4v) is 4.59. The van der Waals surface area contributed by atoms with Gasteiger partial charge in [-0.3, -0.25) is 0 Å². The number of hydrogen-bond acceptors (Lipinski definition) is 4. The number of aromatic amines is 1. The van der Waals surface area contributed by atoms with Crippen molar-refractivity contribution in [3.8, 4) is 5.75 Å². The first-order valence-corrected chi connectivity index (χ1v) is 10.2. The second-order valence-corrected chi connectivity index (χ2v) is 8.40. The lowest BCUT2D eigenvalue weighted by Crippen LogP contribution is -2.41. The number of sulfonamides is 1. The number of para-hydroxylation sites is 1. The standard InChI is InChI=1S/C18H25N3O3S/c1-3-17-19-11-18(20-17)25(22,23)21-10-6-8-15(12-21)13-24-16-9-5-4-7-14(16)2/h4-5,7,9,11,15H,3,6,8,10,12-13H2,1-2H3,(H,19,20). The topological polar surface area (TPSA) is 75.3 Å². The van der Waals surface area contributed by atoms with E-state index in [1.165, 1.54) is 6.20 Å². The second-order valence-electron chi connectivity index (χ2n) is 6.50. The van der Waals surface area contributed by atoms with Gasteiger partial charge >= 0.3 is 0 Å². The van der Waals surface area contributed by atoms with Crippen molar-refractivity contribution in [2.24, 2.45) is 5.92 Å². The van der Waals surface area contributed by atoms with Crippen LogP contribution in [0.25, 0.3) is 0 Å². The molecule has 6 nitrogen and oxygen atoms in total. The molecule has 1 aliphatic rings. The number of hydrogen-bond donors (Lipinski definition) is 1. The maximum absolute atomic E-state index is 12.8. The number of rotatable bonds is 6. The van der Waals surface area contributed by atoms with Crippen LogP contribution in [0.4, 0.5) is 0 Å². The smallest absolute Gasteiger partial charge is 0.260 e. The van der Waals surface area contributed by atoms with Gasteiger partial charge in [-0.15, -0.1) is 0 Å². The quantitative estimate of drug-likeness (QED) is 0.856. The summed E-state index contributed by atoms with van der Waals surface area (Å²) in [7, 11) is -3.52. The number of piperidine rings is 1. The van der Waals surface area contributed by atoms with Crippen molar-refractivity contribution in [1.29, 1.82) is 0 Å². The largest absolute Gasteiger partial charge is 0.493 e. The molecule has 0 spiro atoms. The summed E-state index contributed by atoms with van der Waals surface area (Å²) >= 11 is 0. The van der Waals surface area contributed by atoms with Crippen molar-refractivity contribution in [3.63, 3.8) is 0 Å². The Bertz CT molecular complexity index is 816. The highest BCUT2D eigenvalue weighted by molar-refractivity contribution is 7.89. The SMILES string of the molecule is CCc1ncc(S(=O)(=O)N2CCCC(COc3ccccc3C)C2)[nH]1. The third kappa shape index (κ3) is 4.04. The molecule has 1 saturated heterocycles. The van der Waals surface area contributed by atoms with E-state index in [0.717, 1.165) is 24.2 Å². The molecule has 25 heavy (non-hydrogen) atoms. The van der Waals surface area contributed by atoms with E-state index in [4.69, 9.17) is 4.74 Å². The van der Waals surface area contributed by atoms with Crippen LogP contribution in [0.2, 0.25) is 0 Å². The van der Waals surface area contributed by atoms with Crippen LogP contribution in [-0.2, 0) is 16.4 Å². The number of nitrogens with one attached hydrogen (secondary N) is 1. The Labute approximate surface area is 149 Å². The zero-order chi connectivity index (χ0) is 17.9. The Morgan fingerprint density at radius 1 is 1.36 bits per heavy atom. The predicted octanol–water partition coefficient (Wildman–Crippen LogP) is 2.76. The first-order valence-electron chi connectivity index (χ1n) is 8.73. The average molecular weight is 363 g/mol. The highest BCUT2D eigenvalue weighted by Crippen LogP contribution is 2.25. The van der Waals surface area contributed by atoms with Gasteiger partial charge in [-0.2, -0.15) is 4.31 Å². The molecule has 1 N–H and O–H groups in total. The Morgan fingerprint density at radius 2 is 2.16 bits per heavy atom. The fraction of sp³-hybridized carbons (Fsp3) is 0.500. The van der Waals surface area contributed by atoms with Crippen molar-refractivity contribution >= 4 is 10.0 Å². The Kier molecular flexibility index (Phi) is 5.44. The minimum atomic E-state index is -3.52. The summed E-state index contributed by atoms with van der Waals surface area (Å²) in [6.45, 7) is 5.50. The van der Waals surface area contributed by atoms with E-state index in [9.17, 15) is 8.42 Å². The van der Waals surface area contributed by atoms with E-state index in [1.807, 2.05) is 38.1 Å². The van der Waals surface area contributed by atoms with Crippen LogP contribution in [-0.4, -0.2) is 42.4 Å². The molecule has 1 aliphatic heterocycles. The third-order valence-corrected chi connectivity index (χ3v) is 6.38. The lowest BCUT2D eigenvalue weighted by molar-refractivity contribution is 0.179. The molecule has 0 radical (unpaired) electrons. The van der Waals surface area contributed by atoms with E-state index < -0.39 is 10.0 Å². The first-order chi connectivity index (χ1) is 12.0. The van der Waals surface area contributed by atoms with E-state index in [0.29, 0.717) is 31.9 Å². The van der Waals surface area contributed by atoms with Crippen LogP contribution < -0.4 is 4.74 Å². The highest BCUT2D eigenvalue weighted by atomic mass is 32.2. The number of aryl methyl sites for hydroxylation is 2. The average Bonchev–Trinajstić information content (AvgIpc) is 3.11. The van der Waals surface area contributed by atoms with Crippen LogP contribution in [0.3, 0.4) is 0 Å². The number of nitrogens with zero attached hydrogens (tertiary/aromatic N) is 2. The highest BCUT2D eigenvalue weighted by Gasteiger charge is 2.31. The first kappa shape index (κ1) is 17.9. The van der Waals surface area contributed by atoms with E-state index in [2.05, 4.69) is 9.97 Å². The molecule has 3 rings (SSSR count). The van der Waals surface area contributed by atoms with Gasteiger partial charge in [0.05, 0.1) is 12.8 Å². The second kappa shape index (κ2) is 7.58. The monoisotopic (exact) mass is 363 g/mol. The minimum Gasteiger partial charge on any atom is -0.493 e. The van der Waals surface area contributed by atoms with E-state index in [-0.39, 0.29) is 10.9 Å². The molecule has 1 aromatic heterocycles. The maximum Gasteiger partial charge on any atom is 0.260 e. The molecular weight excluding hydrogens is 338 g/mol. The lowest BCUT2D eigenvalue weighted by Gasteiger charge is -2.31. The van der Waals surface area contributed by atoms with Crippen molar-refractivity contribution in [3.05, 3.63) is 41.9 Å². The van der Waals surface area contributed by atoms with Crippen LogP contribution in [0.5, 0.6) is 5.75 Å². The molecule has 0 bridgehead atoms. The molecule has 0 saturated carbocycles. The van der Waals surface area contributed by atoms with Gasteiger partial charge in [0.2, 0.25) is 0 Å². The summed E-state index contributed by atoms with van der Waals surface area (Å²) in [6.07, 6.45) is 3.92. The lowest BCUT2D eigenvalue weighted by atomic mass is 10.0. The molecule has 2 aromatic rings. The molecule has 1 fully saturated rings. The van der Waals surface area contributed by atoms with Gasteiger partial charge in [-0.05, 0) is 31.4 Å². The molecule has 136 valence electrons. The van der Waals surface area contributed by atoms with E-state index in [1.54, 1.807) is 4.31 Å². The van der Waals surface area contributed by atoms with Gasteiger partial charge in [-0.1, -0.05) is 25.1 Å². The number of ether oxygens (including phenoxy) is 1. The molecule has 1 atom stereocenters. The zero-order valence-corrected chi connectivity index (χ0v) is 15.6. The van der Waals surface area contributed by atoms with Gasteiger partial charge in [0, 0.05) is 25.4 Å². The number of benzene rings is 1. The molecule has 2 heterocycles. The van der Waals surface area contributed by atoms with Crippen molar-refractivity contribution in [1.82, 2.24) is 14.3 Å². The van der Waals surface area contributed by atoms with E-state index >= 15 is 0 Å². The Hall–Kier alpha value is -1.86. The van der Waals surface area contributed by atoms with Gasteiger partial charge in [-0.25, -0.2) is 13.4 Å². The summed E-state index contributed by atoms with van der Waals surface area (Å²) in [4.78, 5) is 7.02. The van der Waals surface area contributed by atoms with Crippen LogP contribution >= 0.6 is 0 Å². The summed E-state index contributed by atoms with van der Waals surface area (Å²) in [5, 5.41) is 0.185. The normalized spacial score (nSPS) is 19.0. The van der Waals surface area contributed by atoms with Gasteiger partial charge in [0.25, 0.3) is 10.0 Å². The molecule has 7 heteroatoms. The van der Waals surface area contributed by atoms with Crippen LogP contribution in [0.1, 0.15) is 31.2 Å². The fourth-order valence-electron chi connectivity index (χ4n) is 3.10. The van der Waals surface area contributed by atoms with Crippen molar-refractivity contribution in [2.75, 3.05) is 19.7 Å². The maximum atomic E-state index is 12.8. The summed E-state index contributed by atoms with van der Waals surface area (Å²) in [5.41, 5.74) is 1.09. The molecule has 0 aliphatic carbocycles. The van der Waals surface area contributed by atoms with Gasteiger partial charge in [0.15, 0.2) is 5.03 Å². The third-order valence-electron chi connectivity index (χ3n) is 4.61. The number of imidazole rings is 1. The summed E-state index contributed by atoms with van der Waals surface area (Å²) < 4.78 is 33.1. The van der Waals surface area contributed by atoms with Gasteiger partial charge < -0.3 is 9.72 Å². The molecule has 1 unspecified atom stereocenters. The molecular formula is C18H25N3O3S. The minimum absolute atomic E-state index is 0.185. The zero-order valence-electron chi connectivity index (χ0n) is 14.7. The Morgan fingerprint density at radius 3 is 2.88 bits per heavy atom. The summed E-state index contributed by atoms with van der Waals surface area (Å²) in [5.74, 6) is 1.75. The Balaban J connectivity index is 1.65. The van der Waals surface area contributed by atoms with Crippen LogP contribution in [0, 0.1) is 12.8 Å². The van der Waals surface area contributed by atoms with Crippen LogP contribution in [0.15, 0.2) is 35.5 Å². The molecule has 0 amide bonds. The number of H-pyrrole nitrogens is 1. The van der Waals surface area contributed by atoms with Crippen molar-refractivity contribution < 1.29 is 13.2 Å². The molecule has 1 aromatic carbocycles. The predicted molar refractivity (Wildman–Crippen MR) is 96.1 cm³/mol.